The van der Waals surface area contributed by atoms with E-state index in [0.29, 0.717) is 44.2 Å². The summed E-state index contributed by atoms with van der Waals surface area (Å²) in [5, 5.41) is 11.1. The molecule has 0 amide bonds. The number of carbonyl (C=O) groups is 1. The Labute approximate surface area is 201 Å². The van der Waals surface area contributed by atoms with Gasteiger partial charge in [0.1, 0.15) is 18.2 Å². The fourth-order valence-corrected chi connectivity index (χ4v) is 4.76. The Morgan fingerprint density at radius 1 is 1.12 bits per heavy atom. The molecule has 5 nitrogen and oxygen atoms in total. The molecule has 0 aromatic heterocycles. The minimum Gasteiger partial charge on any atom is -0.487 e. The van der Waals surface area contributed by atoms with Crippen LogP contribution in [0.4, 0.5) is 0 Å². The highest BCUT2D eigenvalue weighted by atomic mass is 35.5. The van der Waals surface area contributed by atoms with Gasteiger partial charge in [-0.05, 0) is 48.2 Å². The average Bonchev–Trinajstić information content (AvgIpc) is 2.77. The molecule has 1 atom stereocenters. The first-order chi connectivity index (χ1) is 15.3. The third kappa shape index (κ3) is 4.06. The van der Waals surface area contributed by atoms with E-state index >= 15 is 0 Å². The van der Waals surface area contributed by atoms with Crippen molar-refractivity contribution in [3.63, 3.8) is 0 Å². The molecule has 2 N–H and O–H groups in total. The lowest BCUT2D eigenvalue weighted by Crippen LogP contribution is -2.36. The standard InChI is InChI=1S/C24H20Cl3N3O2/c1-30-19-3-2-4-20(31)23(19)22(15(11-28)24(30)29)14-6-8-21(18(27)10-14)32-12-13-5-7-16(25)17(26)9-13/h5-10,22H,2-4,12,29H2,1H3/t22-/m1/s1. The SMILES string of the molecule is CN1C(N)=C(C#N)[C@@H](c2ccc(OCc3ccc(Cl)c(Cl)c3)c(Cl)c2)C2=C1CCCC2=O. The summed E-state index contributed by atoms with van der Waals surface area (Å²) in [6.45, 7) is 0.258. The molecule has 2 aliphatic rings. The van der Waals surface area contributed by atoms with Crippen LogP contribution in [0.1, 0.15) is 36.3 Å². The number of nitriles is 1. The Kier molecular flexibility index (Phi) is 6.39. The van der Waals surface area contributed by atoms with Crippen molar-refractivity contribution in [2.75, 3.05) is 7.05 Å². The fraction of sp³-hybridized carbons (Fsp3) is 0.250. The Hall–Kier alpha value is -2.65. The molecule has 1 heterocycles. The van der Waals surface area contributed by atoms with Crippen LogP contribution in [-0.2, 0) is 11.4 Å². The minimum atomic E-state index is -0.541. The third-order valence-corrected chi connectivity index (χ3v) is 6.87. The molecule has 0 spiro atoms. The molecule has 0 unspecified atom stereocenters. The maximum absolute atomic E-state index is 12.9. The number of benzene rings is 2. The van der Waals surface area contributed by atoms with Crippen LogP contribution in [0.25, 0.3) is 0 Å². The second-order valence-electron chi connectivity index (χ2n) is 7.77. The third-order valence-electron chi connectivity index (χ3n) is 5.84. The largest absolute Gasteiger partial charge is 0.487 e. The molecule has 8 heteroatoms. The highest BCUT2D eigenvalue weighted by molar-refractivity contribution is 6.42. The van der Waals surface area contributed by atoms with Crippen molar-refractivity contribution < 1.29 is 9.53 Å². The van der Waals surface area contributed by atoms with Crippen LogP contribution >= 0.6 is 34.8 Å². The molecule has 1 aliphatic heterocycles. The van der Waals surface area contributed by atoms with Gasteiger partial charge in [0.25, 0.3) is 0 Å². The number of carbonyl (C=O) groups excluding carboxylic acids is 1. The molecule has 2 aromatic rings. The first-order valence-corrected chi connectivity index (χ1v) is 11.2. The monoisotopic (exact) mass is 487 g/mol. The Morgan fingerprint density at radius 3 is 2.59 bits per heavy atom. The predicted octanol–water partition coefficient (Wildman–Crippen LogP) is 5.96. The second-order valence-corrected chi connectivity index (χ2v) is 8.99. The number of hydrogen-bond acceptors (Lipinski definition) is 5. The molecule has 0 saturated heterocycles. The zero-order valence-electron chi connectivity index (χ0n) is 17.3. The van der Waals surface area contributed by atoms with Crippen molar-refractivity contribution in [2.24, 2.45) is 5.73 Å². The van der Waals surface area contributed by atoms with Crippen LogP contribution in [0.2, 0.25) is 15.1 Å². The number of nitrogens with two attached hydrogens (primary N) is 1. The van der Waals surface area contributed by atoms with Crippen molar-refractivity contribution in [1.29, 1.82) is 5.26 Å². The first kappa shape index (κ1) is 22.5. The predicted molar refractivity (Wildman–Crippen MR) is 125 cm³/mol. The topological polar surface area (TPSA) is 79.3 Å². The van der Waals surface area contributed by atoms with Gasteiger partial charge in [-0.1, -0.05) is 46.9 Å². The Morgan fingerprint density at radius 2 is 1.91 bits per heavy atom. The summed E-state index contributed by atoms with van der Waals surface area (Å²) in [4.78, 5) is 14.6. The zero-order valence-corrected chi connectivity index (χ0v) is 19.6. The number of allylic oxidation sites excluding steroid dienone is 3. The summed E-state index contributed by atoms with van der Waals surface area (Å²) in [5.41, 5.74) is 9.70. The Bertz CT molecular complexity index is 1210. The number of ketones is 1. The summed E-state index contributed by atoms with van der Waals surface area (Å²) < 4.78 is 5.86. The van der Waals surface area contributed by atoms with Gasteiger partial charge in [0.05, 0.1) is 32.6 Å². The van der Waals surface area contributed by atoms with Gasteiger partial charge >= 0.3 is 0 Å². The molecule has 164 valence electrons. The molecule has 32 heavy (non-hydrogen) atoms. The van der Waals surface area contributed by atoms with E-state index in [1.807, 2.05) is 12.1 Å². The van der Waals surface area contributed by atoms with Crippen LogP contribution in [0.3, 0.4) is 0 Å². The number of nitrogens with zero attached hydrogens (tertiary/aromatic N) is 2. The molecule has 0 fully saturated rings. The lowest BCUT2D eigenvalue weighted by atomic mass is 9.76. The van der Waals surface area contributed by atoms with E-state index in [1.54, 1.807) is 36.2 Å². The van der Waals surface area contributed by atoms with E-state index in [0.717, 1.165) is 29.7 Å². The van der Waals surface area contributed by atoms with Crippen molar-refractivity contribution in [3.8, 4) is 11.8 Å². The van der Waals surface area contributed by atoms with E-state index < -0.39 is 5.92 Å². The molecule has 0 bridgehead atoms. The van der Waals surface area contributed by atoms with E-state index in [4.69, 9.17) is 45.3 Å². The highest BCUT2D eigenvalue weighted by Gasteiger charge is 2.38. The normalized spacial score (nSPS) is 18.5. The summed E-state index contributed by atoms with van der Waals surface area (Å²) in [5.74, 6) is 0.344. The summed E-state index contributed by atoms with van der Waals surface area (Å²) in [6, 6.07) is 12.8. The van der Waals surface area contributed by atoms with Crippen molar-refractivity contribution in [3.05, 3.63) is 85.3 Å². The van der Waals surface area contributed by atoms with E-state index in [9.17, 15) is 10.1 Å². The van der Waals surface area contributed by atoms with Gasteiger partial charge in [-0.15, -0.1) is 0 Å². The van der Waals surface area contributed by atoms with E-state index in [1.165, 1.54) is 0 Å². The fourth-order valence-electron chi connectivity index (χ4n) is 4.20. The van der Waals surface area contributed by atoms with Crippen molar-refractivity contribution in [2.45, 2.75) is 31.8 Å². The lowest BCUT2D eigenvalue weighted by Gasteiger charge is -2.37. The maximum Gasteiger partial charge on any atom is 0.161 e. The highest BCUT2D eigenvalue weighted by Crippen LogP contribution is 2.45. The lowest BCUT2D eigenvalue weighted by molar-refractivity contribution is -0.116. The molecular formula is C24H20Cl3N3O2. The number of Topliss-reactive ketones (excluding diaryl/α,β-unsaturated/α-hetero) is 1. The zero-order chi connectivity index (χ0) is 23.0. The summed E-state index contributed by atoms with van der Waals surface area (Å²) in [7, 11) is 1.80. The Balaban J connectivity index is 1.66. The van der Waals surface area contributed by atoms with Crippen LogP contribution in [0.5, 0.6) is 5.75 Å². The second kappa shape index (κ2) is 9.07. The quantitative estimate of drug-likeness (QED) is 0.575. The van der Waals surface area contributed by atoms with Crippen molar-refractivity contribution in [1.82, 2.24) is 4.90 Å². The number of rotatable bonds is 4. The van der Waals surface area contributed by atoms with Crippen LogP contribution in [-0.4, -0.2) is 17.7 Å². The molecule has 0 radical (unpaired) electrons. The van der Waals surface area contributed by atoms with E-state index in [2.05, 4.69) is 6.07 Å². The number of halogens is 3. The van der Waals surface area contributed by atoms with Gasteiger partial charge in [-0.25, -0.2) is 0 Å². The summed E-state index contributed by atoms with van der Waals surface area (Å²) >= 11 is 18.5. The van der Waals surface area contributed by atoms with Gasteiger partial charge in [0, 0.05) is 24.7 Å². The maximum atomic E-state index is 12.9. The number of ether oxygens (including phenoxy) is 1. The van der Waals surface area contributed by atoms with Gasteiger partial charge in [-0.2, -0.15) is 5.26 Å². The molecule has 1 aliphatic carbocycles. The van der Waals surface area contributed by atoms with Gasteiger partial charge in [0.2, 0.25) is 0 Å². The van der Waals surface area contributed by atoms with E-state index in [-0.39, 0.29) is 12.4 Å². The van der Waals surface area contributed by atoms with Gasteiger partial charge < -0.3 is 15.4 Å². The molecule has 2 aromatic carbocycles. The smallest absolute Gasteiger partial charge is 0.161 e. The average molecular weight is 489 g/mol. The van der Waals surface area contributed by atoms with Gasteiger partial charge in [-0.3, -0.25) is 4.79 Å². The van der Waals surface area contributed by atoms with Crippen LogP contribution in [0.15, 0.2) is 59.1 Å². The van der Waals surface area contributed by atoms with Crippen molar-refractivity contribution >= 4 is 40.6 Å². The summed E-state index contributed by atoms with van der Waals surface area (Å²) in [6.07, 6.45) is 1.97. The van der Waals surface area contributed by atoms with Crippen LogP contribution < -0.4 is 10.5 Å². The number of hydrogen-bond donors (Lipinski definition) is 1. The first-order valence-electron chi connectivity index (χ1n) is 10.1. The molecule has 4 rings (SSSR count). The minimum absolute atomic E-state index is 0.0411. The van der Waals surface area contributed by atoms with Gasteiger partial charge in [0.15, 0.2) is 5.78 Å². The van der Waals surface area contributed by atoms with Crippen LogP contribution in [0, 0.1) is 11.3 Å². The molecular weight excluding hydrogens is 469 g/mol. The molecule has 0 saturated carbocycles.